The Bertz CT molecular complexity index is 3020. The Labute approximate surface area is 338 Å². The van der Waals surface area contributed by atoms with Crippen LogP contribution in [0.15, 0.2) is 212 Å². The molecule has 0 N–H and O–H groups in total. The number of rotatable bonds is 8. The summed E-state index contributed by atoms with van der Waals surface area (Å²) in [6.45, 7) is 6.85. The standard InChI is InChI=1S/C54H38N4/c1-3-4-8-20-36(2)54(41-27-13-7-14-28-41)45-31-17-15-30-44(45)48-46(54)34-33-43-42-29-16-18-32-47(42)55-50(49(43)48)39-25-19-26-40(35-39)53-57-51(37-21-9-5-10-22-37)56-52(58-53)38-23-11-6-12-24-38/h3-35H,2H2,1H3/b4-3-,20-8-. The van der Waals surface area contributed by atoms with Crippen molar-refractivity contribution in [3.8, 4) is 56.5 Å². The first-order valence-corrected chi connectivity index (χ1v) is 19.6. The molecule has 1 unspecified atom stereocenters. The van der Waals surface area contributed by atoms with Crippen molar-refractivity contribution in [3.63, 3.8) is 0 Å². The molecule has 7 aromatic carbocycles. The van der Waals surface area contributed by atoms with Crippen molar-refractivity contribution in [3.05, 3.63) is 229 Å². The van der Waals surface area contributed by atoms with Crippen molar-refractivity contribution in [2.24, 2.45) is 0 Å². The van der Waals surface area contributed by atoms with Crippen LogP contribution in [0.1, 0.15) is 23.6 Å². The zero-order valence-electron chi connectivity index (χ0n) is 32.0. The van der Waals surface area contributed by atoms with Gasteiger partial charge in [0.2, 0.25) is 0 Å². The first-order chi connectivity index (χ1) is 28.6. The summed E-state index contributed by atoms with van der Waals surface area (Å²) < 4.78 is 0. The van der Waals surface area contributed by atoms with Gasteiger partial charge in [0, 0.05) is 33.0 Å². The maximum Gasteiger partial charge on any atom is 0.164 e. The number of aromatic nitrogens is 4. The Morgan fingerprint density at radius 3 is 1.79 bits per heavy atom. The fourth-order valence-electron chi connectivity index (χ4n) is 8.70. The van der Waals surface area contributed by atoms with E-state index in [9.17, 15) is 0 Å². The molecule has 1 aliphatic carbocycles. The van der Waals surface area contributed by atoms with E-state index in [2.05, 4.69) is 133 Å². The van der Waals surface area contributed by atoms with Crippen LogP contribution in [0.25, 0.3) is 78.2 Å². The van der Waals surface area contributed by atoms with Crippen LogP contribution >= 0.6 is 0 Å². The summed E-state index contributed by atoms with van der Waals surface area (Å²) in [6, 6.07) is 61.4. The van der Waals surface area contributed by atoms with Crippen LogP contribution in [0.3, 0.4) is 0 Å². The summed E-state index contributed by atoms with van der Waals surface area (Å²) >= 11 is 0. The molecule has 0 fully saturated rings. The zero-order chi connectivity index (χ0) is 39.1. The minimum absolute atomic E-state index is 0.600. The first kappa shape index (κ1) is 34.9. The van der Waals surface area contributed by atoms with Crippen LogP contribution in [-0.2, 0) is 5.41 Å². The molecule has 2 heterocycles. The second-order valence-corrected chi connectivity index (χ2v) is 14.6. The maximum absolute atomic E-state index is 5.52. The summed E-state index contributed by atoms with van der Waals surface area (Å²) in [5.74, 6) is 1.85. The molecule has 0 saturated heterocycles. The highest BCUT2D eigenvalue weighted by Gasteiger charge is 2.47. The van der Waals surface area contributed by atoms with Gasteiger partial charge >= 0.3 is 0 Å². The summed E-state index contributed by atoms with van der Waals surface area (Å²) in [6.07, 6.45) is 8.36. The number of hydrogen-bond acceptors (Lipinski definition) is 4. The number of nitrogens with zero attached hydrogens (tertiary/aromatic N) is 4. The van der Waals surface area contributed by atoms with Crippen molar-refractivity contribution < 1.29 is 0 Å². The van der Waals surface area contributed by atoms with Crippen LogP contribution in [0.4, 0.5) is 0 Å². The molecule has 0 bridgehead atoms. The summed E-state index contributed by atoms with van der Waals surface area (Å²) in [7, 11) is 0. The van der Waals surface area contributed by atoms with Gasteiger partial charge in [-0.15, -0.1) is 0 Å². The Morgan fingerprint density at radius 2 is 1.09 bits per heavy atom. The molecule has 1 aliphatic rings. The molecule has 4 heteroatoms. The second-order valence-electron chi connectivity index (χ2n) is 14.6. The largest absolute Gasteiger partial charge is 0.247 e. The number of benzene rings is 7. The molecule has 1 atom stereocenters. The molecule has 10 rings (SSSR count). The highest BCUT2D eigenvalue weighted by molar-refractivity contribution is 6.18. The Balaban J connectivity index is 1.26. The quantitative estimate of drug-likeness (QED) is 0.115. The highest BCUT2D eigenvalue weighted by Crippen LogP contribution is 2.59. The molecule has 4 nitrogen and oxygen atoms in total. The van der Waals surface area contributed by atoms with Crippen molar-refractivity contribution in [1.29, 1.82) is 0 Å². The zero-order valence-corrected chi connectivity index (χ0v) is 32.0. The van der Waals surface area contributed by atoms with Crippen LogP contribution in [0.5, 0.6) is 0 Å². The molecule has 0 radical (unpaired) electrons. The monoisotopic (exact) mass is 742 g/mol. The number of pyridine rings is 1. The van der Waals surface area contributed by atoms with E-state index in [0.29, 0.717) is 17.5 Å². The summed E-state index contributed by atoms with van der Waals surface area (Å²) in [4.78, 5) is 20.6. The minimum Gasteiger partial charge on any atom is -0.247 e. The predicted molar refractivity (Wildman–Crippen MR) is 239 cm³/mol. The van der Waals surface area contributed by atoms with E-state index in [-0.39, 0.29) is 0 Å². The number of para-hydroxylation sites is 1. The smallest absolute Gasteiger partial charge is 0.164 e. The highest BCUT2D eigenvalue weighted by atomic mass is 15.0. The average Bonchev–Trinajstić information content (AvgIpc) is 3.61. The van der Waals surface area contributed by atoms with E-state index in [1.165, 1.54) is 27.8 Å². The molecular weight excluding hydrogens is 705 g/mol. The lowest BCUT2D eigenvalue weighted by atomic mass is 9.67. The third kappa shape index (κ3) is 5.69. The van der Waals surface area contributed by atoms with E-state index < -0.39 is 5.41 Å². The Morgan fingerprint density at radius 1 is 0.500 bits per heavy atom. The number of allylic oxidation sites excluding steroid dienone is 5. The third-order valence-electron chi connectivity index (χ3n) is 11.3. The Hall–Kier alpha value is -7.56. The van der Waals surface area contributed by atoms with Gasteiger partial charge in [-0.3, -0.25) is 0 Å². The van der Waals surface area contributed by atoms with Gasteiger partial charge in [-0.05, 0) is 57.8 Å². The van der Waals surface area contributed by atoms with Crippen molar-refractivity contribution in [1.82, 2.24) is 19.9 Å². The van der Waals surface area contributed by atoms with E-state index in [1.54, 1.807) is 0 Å². The predicted octanol–water partition coefficient (Wildman–Crippen LogP) is 13.2. The van der Waals surface area contributed by atoms with Gasteiger partial charge in [0.25, 0.3) is 0 Å². The normalized spacial score (nSPS) is 14.6. The lowest BCUT2D eigenvalue weighted by molar-refractivity contribution is 0.771. The molecule has 0 spiro atoms. The maximum atomic E-state index is 5.52. The number of hydrogen-bond donors (Lipinski definition) is 0. The average molecular weight is 743 g/mol. The molecule has 274 valence electrons. The van der Waals surface area contributed by atoms with Gasteiger partial charge in [-0.25, -0.2) is 19.9 Å². The van der Waals surface area contributed by atoms with Gasteiger partial charge in [0.1, 0.15) is 0 Å². The first-order valence-electron chi connectivity index (χ1n) is 19.6. The third-order valence-corrected chi connectivity index (χ3v) is 11.3. The molecule has 2 aromatic heterocycles. The molecular formula is C54H38N4. The van der Waals surface area contributed by atoms with Crippen LogP contribution < -0.4 is 0 Å². The molecule has 0 amide bonds. The van der Waals surface area contributed by atoms with Gasteiger partial charge in [-0.2, -0.15) is 0 Å². The topological polar surface area (TPSA) is 51.6 Å². The molecule has 58 heavy (non-hydrogen) atoms. The molecule has 9 aromatic rings. The second kappa shape index (κ2) is 14.5. The van der Waals surface area contributed by atoms with Gasteiger partial charge in [0.05, 0.1) is 16.6 Å². The van der Waals surface area contributed by atoms with Crippen LogP contribution in [-0.4, -0.2) is 19.9 Å². The van der Waals surface area contributed by atoms with Gasteiger partial charge < -0.3 is 0 Å². The van der Waals surface area contributed by atoms with Crippen LogP contribution in [0, 0.1) is 0 Å². The molecule has 0 saturated carbocycles. The van der Waals surface area contributed by atoms with E-state index in [4.69, 9.17) is 26.5 Å². The lowest BCUT2D eigenvalue weighted by Crippen LogP contribution is -2.28. The summed E-state index contributed by atoms with van der Waals surface area (Å²) in [5, 5.41) is 3.37. The van der Waals surface area contributed by atoms with Crippen molar-refractivity contribution in [2.75, 3.05) is 0 Å². The van der Waals surface area contributed by atoms with Crippen molar-refractivity contribution >= 4 is 21.7 Å². The molecule has 0 aliphatic heterocycles. The lowest BCUT2D eigenvalue weighted by Gasteiger charge is -2.34. The van der Waals surface area contributed by atoms with Gasteiger partial charge in [-0.1, -0.05) is 195 Å². The number of fused-ring (bicyclic) bond motifs is 7. The summed E-state index contributed by atoms with van der Waals surface area (Å²) in [5.41, 5.74) is 11.9. The Kier molecular flexibility index (Phi) is 8.73. The van der Waals surface area contributed by atoms with E-state index >= 15 is 0 Å². The van der Waals surface area contributed by atoms with Crippen LogP contribution in [0.2, 0.25) is 0 Å². The van der Waals surface area contributed by atoms with Gasteiger partial charge in [0.15, 0.2) is 17.5 Å². The fourth-order valence-corrected chi connectivity index (χ4v) is 8.70. The van der Waals surface area contributed by atoms with E-state index in [1.807, 2.05) is 73.7 Å². The SMILES string of the molecule is C=C(/C=C\C=C/C)C1(c2ccccc2)c2ccccc2-c2c1ccc1c2c(-c2cccc(-c3nc(-c4ccccc4)nc(-c4ccccc4)n3)c2)nc2ccccc21. The minimum atomic E-state index is -0.628. The van der Waals surface area contributed by atoms with Crippen molar-refractivity contribution in [2.45, 2.75) is 12.3 Å². The fraction of sp³-hybridized carbons (Fsp3) is 0.0370. The van der Waals surface area contributed by atoms with E-state index in [0.717, 1.165) is 55.2 Å².